The molecule has 0 bridgehead atoms. The highest BCUT2D eigenvalue weighted by Crippen LogP contribution is 2.27. The lowest BCUT2D eigenvalue weighted by molar-refractivity contribution is -0.115. The van der Waals surface area contributed by atoms with Crippen LogP contribution < -0.4 is 25.4 Å². The molecule has 9 heteroatoms. The summed E-state index contributed by atoms with van der Waals surface area (Å²) in [7, 11) is 0. The summed E-state index contributed by atoms with van der Waals surface area (Å²) in [5.41, 5.74) is 3.43. The van der Waals surface area contributed by atoms with Gasteiger partial charge in [-0.3, -0.25) is 14.4 Å². The van der Waals surface area contributed by atoms with Gasteiger partial charge < -0.3 is 25.4 Å². The molecule has 0 aliphatic rings. The molecule has 1 atom stereocenters. The van der Waals surface area contributed by atoms with Crippen LogP contribution in [-0.2, 0) is 16.2 Å². The zero-order valence-corrected chi connectivity index (χ0v) is 29.5. The Labute approximate surface area is 303 Å². The molecular weight excluding hydrogens is 659 g/mol. The summed E-state index contributed by atoms with van der Waals surface area (Å²) in [5.74, 6) is 0.376. The normalized spacial score (nSPS) is 11.6. The van der Waals surface area contributed by atoms with Gasteiger partial charge in [-0.15, -0.1) is 11.8 Å². The van der Waals surface area contributed by atoms with E-state index >= 15 is 0 Å². The fraction of sp³-hybridized carbons (Fsp3) is 0.167. The highest BCUT2D eigenvalue weighted by atomic mass is 32.2. The molecule has 3 N–H and O–H groups in total. The standard InChI is InChI=1S/C42H41N3O5S/c1-3-4-26-49-36-24-20-34(21-25-36)43-40(46)30(2)51-38-17-11-16-35(28-38)44-42(48)39(45-41(47)33-14-9-6-10-15-33)27-31-18-22-37(23-19-31)50-29-32-12-7-5-8-13-32/h5-25,27-28,30H,3-4,26,29H2,1-2H3,(H,43,46)(H,44,48)(H,45,47)/b39-27-. The van der Waals surface area contributed by atoms with Gasteiger partial charge in [0.25, 0.3) is 11.8 Å². The van der Waals surface area contributed by atoms with E-state index in [9.17, 15) is 14.4 Å². The first kappa shape index (κ1) is 36.5. The lowest BCUT2D eigenvalue weighted by Gasteiger charge is -2.14. The van der Waals surface area contributed by atoms with Crippen LogP contribution in [0.3, 0.4) is 0 Å². The molecule has 0 aliphatic heterocycles. The largest absolute Gasteiger partial charge is 0.494 e. The van der Waals surface area contributed by atoms with E-state index in [-0.39, 0.29) is 11.6 Å². The molecule has 0 fully saturated rings. The van der Waals surface area contributed by atoms with Crippen LogP contribution in [0.2, 0.25) is 0 Å². The van der Waals surface area contributed by atoms with Crippen molar-refractivity contribution < 1.29 is 23.9 Å². The summed E-state index contributed by atoms with van der Waals surface area (Å²) in [5, 5.41) is 8.21. The number of unbranched alkanes of at least 4 members (excludes halogenated alkanes) is 1. The number of rotatable bonds is 16. The molecule has 0 heterocycles. The fourth-order valence-corrected chi connectivity index (χ4v) is 5.75. The lowest BCUT2D eigenvalue weighted by Crippen LogP contribution is -2.30. The number of ether oxygens (including phenoxy) is 2. The van der Waals surface area contributed by atoms with Crippen molar-refractivity contribution in [3.63, 3.8) is 0 Å². The van der Waals surface area contributed by atoms with E-state index in [1.165, 1.54) is 11.8 Å². The zero-order valence-electron chi connectivity index (χ0n) is 28.6. The SMILES string of the molecule is CCCCOc1ccc(NC(=O)C(C)Sc2cccc(NC(=O)/C(=C/c3ccc(OCc4ccccc4)cc3)NC(=O)c3ccccc3)c2)cc1. The Bertz CT molecular complexity index is 1910. The monoisotopic (exact) mass is 699 g/mol. The quantitative estimate of drug-likeness (QED) is 0.0540. The van der Waals surface area contributed by atoms with Crippen molar-refractivity contribution >= 4 is 46.9 Å². The molecule has 0 saturated heterocycles. The predicted octanol–water partition coefficient (Wildman–Crippen LogP) is 8.97. The first-order valence-corrected chi connectivity index (χ1v) is 17.7. The minimum Gasteiger partial charge on any atom is -0.494 e. The molecule has 51 heavy (non-hydrogen) atoms. The Balaban J connectivity index is 1.24. The smallest absolute Gasteiger partial charge is 0.272 e. The molecule has 1 unspecified atom stereocenters. The molecule has 0 saturated carbocycles. The van der Waals surface area contributed by atoms with E-state index in [0.29, 0.717) is 41.5 Å². The maximum absolute atomic E-state index is 13.7. The summed E-state index contributed by atoms with van der Waals surface area (Å²) in [6, 6.07) is 40.4. The Hall–Kier alpha value is -5.80. The lowest BCUT2D eigenvalue weighted by atomic mass is 10.1. The number of hydrogen-bond donors (Lipinski definition) is 3. The molecule has 0 radical (unpaired) electrons. The molecule has 8 nitrogen and oxygen atoms in total. The third-order valence-electron chi connectivity index (χ3n) is 7.63. The van der Waals surface area contributed by atoms with E-state index < -0.39 is 17.1 Å². The van der Waals surface area contributed by atoms with Crippen LogP contribution in [0, 0.1) is 0 Å². The first-order chi connectivity index (χ1) is 24.9. The van der Waals surface area contributed by atoms with Gasteiger partial charge in [0, 0.05) is 21.8 Å². The van der Waals surface area contributed by atoms with E-state index in [1.807, 2.05) is 97.9 Å². The van der Waals surface area contributed by atoms with Crippen LogP contribution in [0.1, 0.15) is 48.2 Å². The second-order valence-electron chi connectivity index (χ2n) is 11.7. The van der Waals surface area contributed by atoms with Crippen molar-refractivity contribution in [2.24, 2.45) is 0 Å². The van der Waals surface area contributed by atoms with E-state index in [2.05, 4.69) is 22.9 Å². The van der Waals surface area contributed by atoms with Crippen LogP contribution in [0.4, 0.5) is 11.4 Å². The van der Waals surface area contributed by atoms with Gasteiger partial charge in [0.2, 0.25) is 5.91 Å². The van der Waals surface area contributed by atoms with Gasteiger partial charge in [0.1, 0.15) is 23.8 Å². The van der Waals surface area contributed by atoms with Crippen molar-refractivity contribution in [1.29, 1.82) is 0 Å². The highest BCUT2D eigenvalue weighted by Gasteiger charge is 2.18. The summed E-state index contributed by atoms with van der Waals surface area (Å²) in [4.78, 5) is 40.6. The van der Waals surface area contributed by atoms with Crippen LogP contribution in [0.15, 0.2) is 144 Å². The van der Waals surface area contributed by atoms with Crippen LogP contribution >= 0.6 is 11.8 Å². The topological polar surface area (TPSA) is 106 Å². The second kappa shape index (κ2) is 18.8. The van der Waals surface area contributed by atoms with E-state index in [0.717, 1.165) is 29.1 Å². The summed E-state index contributed by atoms with van der Waals surface area (Å²) in [6.45, 7) is 5.03. The number of hydrogen-bond acceptors (Lipinski definition) is 6. The highest BCUT2D eigenvalue weighted by molar-refractivity contribution is 8.00. The molecule has 5 rings (SSSR count). The van der Waals surface area contributed by atoms with Gasteiger partial charge in [-0.05, 0) is 97.3 Å². The van der Waals surface area contributed by atoms with Gasteiger partial charge in [0.05, 0.1) is 11.9 Å². The van der Waals surface area contributed by atoms with Crippen molar-refractivity contribution in [2.75, 3.05) is 17.2 Å². The Morgan fingerprint density at radius 3 is 2.10 bits per heavy atom. The van der Waals surface area contributed by atoms with E-state index in [4.69, 9.17) is 9.47 Å². The molecule has 5 aromatic rings. The number of amides is 3. The van der Waals surface area contributed by atoms with E-state index in [1.54, 1.807) is 48.5 Å². The number of anilines is 2. The zero-order chi connectivity index (χ0) is 35.8. The number of benzene rings is 5. The van der Waals surface area contributed by atoms with Crippen molar-refractivity contribution in [1.82, 2.24) is 5.32 Å². The molecular formula is C42H41N3O5S. The fourth-order valence-electron chi connectivity index (χ4n) is 4.83. The van der Waals surface area contributed by atoms with Gasteiger partial charge in [0.15, 0.2) is 0 Å². The van der Waals surface area contributed by atoms with Gasteiger partial charge in [-0.1, -0.05) is 80.1 Å². The van der Waals surface area contributed by atoms with Crippen LogP contribution in [-0.4, -0.2) is 29.6 Å². The minimum atomic E-state index is -0.501. The molecule has 0 aromatic heterocycles. The Morgan fingerprint density at radius 1 is 0.725 bits per heavy atom. The Kier molecular flexibility index (Phi) is 13.5. The molecule has 3 amide bonds. The number of nitrogens with one attached hydrogen (secondary N) is 3. The number of thioether (sulfide) groups is 1. The van der Waals surface area contributed by atoms with Crippen LogP contribution in [0.5, 0.6) is 11.5 Å². The molecule has 5 aromatic carbocycles. The van der Waals surface area contributed by atoms with Crippen LogP contribution in [0.25, 0.3) is 6.08 Å². The average molecular weight is 700 g/mol. The summed E-state index contributed by atoms with van der Waals surface area (Å²) in [6.07, 6.45) is 3.67. The van der Waals surface area contributed by atoms with Crippen molar-refractivity contribution in [3.8, 4) is 11.5 Å². The van der Waals surface area contributed by atoms with Crippen molar-refractivity contribution in [3.05, 3.63) is 156 Å². The molecule has 260 valence electrons. The van der Waals surface area contributed by atoms with Gasteiger partial charge in [-0.25, -0.2) is 0 Å². The Morgan fingerprint density at radius 2 is 1.39 bits per heavy atom. The second-order valence-corrected chi connectivity index (χ2v) is 13.1. The number of carbonyl (C=O) groups is 3. The third kappa shape index (κ3) is 11.6. The maximum Gasteiger partial charge on any atom is 0.272 e. The van der Waals surface area contributed by atoms with Gasteiger partial charge >= 0.3 is 0 Å². The van der Waals surface area contributed by atoms with Gasteiger partial charge in [-0.2, -0.15) is 0 Å². The molecule has 0 spiro atoms. The summed E-state index contributed by atoms with van der Waals surface area (Å²) < 4.78 is 11.6. The van der Waals surface area contributed by atoms with Crippen molar-refractivity contribution in [2.45, 2.75) is 43.4 Å². The first-order valence-electron chi connectivity index (χ1n) is 16.8. The predicted molar refractivity (Wildman–Crippen MR) is 205 cm³/mol. The molecule has 0 aliphatic carbocycles. The third-order valence-corrected chi connectivity index (χ3v) is 8.72. The maximum atomic E-state index is 13.7. The average Bonchev–Trinajstić information content (AvgIpc) is 3.16. The summed E-state index contributed by atoms with van der Waals surface area (Å²) >= 11 is 1.37. The minimum absolute atomic E-state index is 0.0643. The number of carbonyl (C=O) groups excluding carboxylic acids is 3.